The molecule has 0 aliphatic rings. The number of rotatable bonds is 3. The molecule has 62 valence electrons. The zero-order valence-electron chi connectivity index (χ0n) is 5.87. The first-order valence-electron chi connectivity index (χ1n) is 2.76. The molecular weight excluding hydrogens is 152 g/mol. The average molecular weight is 160 g/mol. The van der Waals surface area contributed by atoms with Gasteiger partial charge in [-0.3, -0.25) is 9.59 Å². The van der Waals surface area contributed by atoms with Crippen LogP contribution in [0, 0.1) is 0 Å². The highest BCUT2D eigenvalue weighted by Gasteiger charge is 2.06. The van der Waals surface area contributed by atoms with Crippen molar-refractivity contribution < 1.29 is 19.9 Å². The Balaban J connectivity index is 3.80. The fraction of sp³-hybridized carbons (Fsp3) is 0.400. The smallest absolute Gasteiger partial charge is 0.322 e. The van der Waals surface area contributed by atoms with Crippen LogP contribution in [-0.4, -0.2) is 34.4 Å². The number of nitrogens with zero attached hydrogens (tertiary/aromatic N) is 1. The standard InChI is InChI=1S/C5H8N2O4/c1-3(7-11)5(10)6-2-4(8)9/h11H,2H2,1H3,(H,6,10)(H,8,9)/b7-3-. The van der Waals surface area contributed by atoms with Crippen molar-refractivity contribution in [3.63, 3.8) is 0 Å². The molecule has 1 amide bonds. The van der Waals surface area contributed by atoms with Crippen LogP contribution < -0.4 is 5.32 Å². The van der Waals surface area contributed by atoms with Gasteiger partial charge in [-0.05, 0) is 6.92 Å². The van der Waals surface area contributed by atoms with Crippen molar-refractivity contribution in [2.45, 2.75) is 6.92 Å². The van der Waals surface area contributed by atoms with Gasteiger partial charge in [0.15, 0.2) is 0 Å². The molecule has 0 aliphatic heterocycles. The molecule has 11 heavy (non-hydrogen) atoms. The number of aliphatic carboxylic acids is 1. The number of nitrogens with one attached hydrogen (secondary N) is 1. The Bertz CT molecular complexity index is 199. The third-order valence-corrected chi connectivity index (χ3v) is 0.879. The maximum Gasteiger partial charge on any atom is 0.322 e. The molecule has 3 N–H and O–H groups in total. The molecule has 0 unspecified atom stereocenters. The first kappa shape index (κ1) is 9.41. The Labute approximate surface area is 62.5 Å². The van der Waals surface area contributed by atoms with E-state index in [1.807, 2.05) is 5.32 Å². The fourth-order valence-corrected chi connectivity index (χ4v) is 0.329. The van der Waals surface area contributed by atoms with E-state index in [0.29, 0.717) is 0 Å². The highest BCUT2D eigenvalue weighted by Crippen LogP contribution is 1.74. The van der Waals surface area contributed by atoms with Crippen molar-refractivity contribution in [1.29, 1.82) is 0 Å². The molecule has 0 heterocycles. The fourth-order valence-electron chi connectivity index (χ4n) is 0.329. The number of carboxylic acid groups (broad SMARTS) is 1. The quantitative estimate of drug-likeness (QED) is 0.281. The van der Waals surface area contributed by atoms with Crippen molar-refractivity contribution >= 4 is 17.6 Å². The Kier molecular flexibility index (Phi) is 3.65. The molecule has 0 rings (SSSR count). The maximum absolute atomic E-state index is 10.6. The Morgan fingerprint density at radius 3 is 2.45 bits per heavy atom. The highest BCUT2D eigenvalue weighted by molar-refractivity contribution is 6.37. The third-order valence-electron chi connectivity index (χ3n) is 0.879. The number of carboxylic acids is 1. The van der Waals surface area contributed by atoms with Crippen molar-refractivity contribution in [2.75, 3.05) is 6.54 Å². The molecule has 0 bridgehead atoms. The van der Waals surface area contributed by atoms with E-state index in [1.54, 1.807) is 0 Å². The first-order valence-corrected chi connectivity index (χ1v) is 2.76. The first-order chi connectivity index (χ1) is 5.07. The van der Waals surface area contributed by atoms with Crippen LogP contribution in [0.25, 0.3) is 0 Å². The van der Waals surface area contributed by atoms with E-state index in [1.165, 1.54) is 6.92 Å². The summed E-state index contributed by atoms with van der Waals surface area (Å²) in [5.74, 6) is -1.85. The van der Waals surface area contributed by atoms with Crippen molar-refractivity contribution in [1.82, 2.24) is 5.32 Å². The molecule has 0 saturated carbocycles. The summed E-state index contributed by atoms with van der Waals surface area (Å²) in [5.41, 5.74) is -0.175. The lowest BCUT2D eigenvalue weighted by Gasteiger charge is -1.97. The molecule has 0 radical (unpaired) electrons. The Morgan fingerprint density at radius 1 is 1.55 bits per heavy atom. The minimum absolute atomic E-state index is 0.175. The van der Waals surface area contributed by atoms with E-state index >= 15 is 0 Å². The summed E-state index contributed by atoms with van der Waals surface area (Å²) in [6, 6.07) is 0. The summed E-state index contributed by atoms with van der Waals surface area (Å²) in [6.45, 7) is 0.781. The van der Waals surface area contributed by atoms with Gasteiger partial charge in [-0.1, -0.05) is 5.16 Å². The number of oxime groups is 1. The lowest BCUT2D eigenvalue weighted by molar-refractivity contribution is -0.137. The summed E-state index contributed by atoms with van der Waals surface area (Å²) in [7, 11) is 0. The summed E-state index contributed by atoms with van der Waals surface area (Å²) >= 11 is 0. The molecule has 0 atom stereocenters. The van der Waals surface area contributed by atoms with Gasteiger partial charge in [-0.2, -0.15) is 0 Å². The van der Waals surface area contributed by atoms with Gasteiger partial charge in [0.2, 0.25) is 0 Å². The van der Waals surface area contributed by atoms with E-state index in [2.05, 4.69) is 5.16 Å². The topological polar surface area (TPSA) is 99.0 Å². The van der Waals surface area contributed by atoms with Crippen LogP contribution in [0.1, 0.15) is 6.92 Å². The predicted octanol–water partition coefficient (Wildman–Crippen LogP) is -0.963. The second-order valence-corrected chi connectivity index (χ2v) is 1.76. The average Bonchev–Trinajstić information content (AvgIpc) is 1.98. The van der Waals surface area contributed by atoms with Gasteiger partial charge in [-0.15, -0.1) is 0 Å². The molecule has 6 heteroatoms. The molecule has 6 nitrogen and oxygen atoms in total. The summed E-state index contributed by atoms with van der Waals surface area (Å²) in [4.78, 5) is 20.5. The van der Waals surface area contributed by atoms with E-state index in [-0.39, 0.29) is 5.71 Å². The van der Waals surface area contributed by atoms with Crippen LogP contribution in [-0.2, 0) is 9.59 Å². The van der Waals surface area contributed by atoms with Gasteiger partial charge in [0, 0.05) is 0 Å². The molecule has 0 saturated heterocycles. The molecule has 0 aromatic rings. The third kappa shape index (κ3) is 3.90. The molecule has 0 aromatic heterocycles. The van der Waals surface area contributed by atoms with Gasteiger partial charge < -0.3 is 15.6 Å². The van der Waals surface area contributed by atoms with E-state index in [4.69, 9.17) is 10.3 Å². The van der Waals surface area contributed by atoms with E-state index < -0.39 is 18.4 Å². The zero-order chi connectivity index (χ0) is 8.85. The van der Waals surface area contributed by atoms with Crippen LogP contribution in [0.2, 0.25) is 0 Å². The lowest BCUT2D eigenvalue weighted by Crippen LogP contribution is -2.33. The maximum atomic E-state index is 10.6. The monoisotopic (exact) mass is 160 g/mol. The van der Waals surface area contributed by atoms with Gasteiger partial charge in [0.1, 0.15) is 12.3 Å². The highest BCUT2D eigenvalue weighted by atomic mass is 16.4. The number of hydrogen-bond acceptors (Lipinski definition) is 4. The van der Waals surface area contributed by atoms with Crippen LogP contribution >= 0.6 is 0 Å². The zero-order valence-corrected chi connectivity index (χ0v) is 5.87. The predicted molar refractivity (Wildman–Crippen MR) is 35.5 cm³/mol. The normalized spacial score (nSPS) is 10.8. The molecule has 0 fully saturated rings. The Morgan fingerprint density at radius 2 is 2.09 bits per heavy atom. The largest absolute Gasteiger partial charge is 0.480 e. The second-order valence-electron chi connectivity index (χ2n) is 1.76. The molecular formula is C5H8N2O4. The van der Waals surface area contributed by atoms with Crippen molar-refractivity contribution in [3.05, 3.63) is 0 Å². The van der Waals surface area contributed by atoms with Crippen LogP contribution in [0.5, 0.6) is 0 Å². The van der Waals surface area contributed by atoms with Gasteiger partial charge in [-0.25, -0.2) is 0 Å². The lowest BCUT2D eigenvalue weighted by atomic mass is 10.4. The van der Waals surface area contributed by atoms with Crippen LogP contribution in [0.4, 0.5) is 0 Å². The van der Waals surface area contributed by atoms with Gasteiger partial charge >= 0.3 is 5.97 Å². The number of amides is 1. The van der Waals surface area contributed by atoms with Gasteiger partial charge in [0.05, 0.1) is 0 Å². The summed E-state index contributed by atoms with van der Waals surface area (Å²) in [6.07, 6.45) is 0. The molecule has 0 spiro atoms. The van der Waals surface area contributed by atoms with Crippen molar-refractivity contribution in [2.24, 2.45) is 5.16 Å². The van der Waals surface area contributed by atoms with E-state index in [9.17, 15) is 9.59 Å². The van der Waals surface area contributed by atoms with E-state index in [0.717, 1.165) is 0 Å². The van der Waals surface area contributed by atoms with Crippen LogP contribution in [0.15, 0.2) is 5.16 Å². The summed E-state index contributed by atoms with van der Waals surface area (Å²) < 4.78 is 0. The number of carbonyl (C=O) groups is 2. The Hall–Kier alpha value is -1.59. The number of carbonyl (C=O) groups excluding carboxylic acids is 1. The number of hydrogen-bond donors (Lipinski definition) is 3. The van der Waals surface area contributed by atoms with Crippen LogP contribution in [0.3, 0.4) is 0 Å². The minimum Gasteiger partial charge on any atom is -0.480 e. The second kappa shape index (κ2) is 4.26. The molecule has 0 aliphatic carbocycles. The molecule has 0 aromatic carbocycles. The van der Waals surface area contributed by atoms with Crippen molar-refractivity contribution in [3.8, 4) is 0 Å². The SMILES string of the molecule is C/C(=N/O)C(=O)NCC(=O)O. The van der Waals surface area contributed by atoms with Gasteiger partial charge in [0.25, 0.3) is 5.91 Å². The summed E-state index contributed by atoms with van der Waals surface area (Å²) in [5, 5.41) is 20.7. The minimum atomic E-state index is -1.15.